The quantitative estimate of drug-likeness (QED) is 0.866. The Bertz CT molecular complexity index is 620. The van der Waals surface area contributed by atoms with Crippen LogP contribution in [0.4, 0.5) is 10.5 Å². The molecule has 0 fully saturated rings. The third-order valence-corrected chi connectivity index (χ3v) is 3.90. The molecule has 0 radical (unpaired) electrons. The number of carbonyl (C=O) groups is 2. The Labute approximate surface area is 130 Å². The van der Waals surface area contributed by atoms with Crippen LogP contribution in [0.15, 0.2) is 35.5 Å². The van der Waals surface area contributed by atoms with Crippen LogP contribution in [0.3, 0.4) is 0 Å². The minimum Gasteiger partial charge on any atom is -0.466 e. The van der Waals surface area contributed by atoms with Crippen LogP contribution in [0.2, 0.25) is 0 Å². The number of rotatable bonds is 3. The number of benzene rings is 1. The van der Waals surface area contributed by atoms with E-state index in [1.807, 2.05) is 43.3 Å². The predicted octanol–water partition coefficient (Wildman–Crippen LogP) is 1.90. The van der Waals surface area contributed by atoms with Gasteiger partial charge in [-0.2, -0.15) is 0 Å². The van der Waals surface area contributed by atoms with E-state index in [9.17, 15) is 9.59 Å². The van der Waals surface area contributed by atoms with Crippen molar-refractivity contribution in [1.29, 1.82) is 0 Å². The standard InChI is InChI=1S/C16H21N3O3/c1-10-13(15(20)22-5)14(17-16(21)19(10)4)11-6-8-12(9-7-11)18(2)3/h6-9,14H,1-5H3,(H,17,21)/t14-/m0/s1. The first-order valence-corrected chi connectivity index (χ1v) is 6.97. The van der Waals surface area contributed by atoms with Gasteiger partial charge in [0.15, 0.2) is 0 Å². The maximum absolute atomic E-state index is 12.1. The minimum absolute atomic E-state index is 0.244. The van der Waals surface area contributed by atoms with E-state index in [-0.39, 0.29) is 6.03 Å². The summed E-state index contributed by atoms with van der Waals surface area (Å²) in [5, 5.41) is 2.84. The number of hydrogen-bond donors (Lipinski definition) is 1. The molecule has 1 aromatic rings. The fourth-order valence-electron chi connectivity index (χ4n) is 2.42. The van der Waals surface area contributed by atoms with E-state index in [0.29, 0.717) is 11.3 Å². The SMILES string of the molecule is COC(=O)C1=C(C)N(C)C(=O)N[C@H]1c1ccc(N(C)C)cc1. The van der Waals surface area contributed by atoms with Crippen molar-refractivity contribution in [2.45, 2.75) is 13.0 Å². The van der Waals surface area contributed by atoms with Gasteiger partial charge in [0.05, 0.1) is 18.7 Å². The smallest absolute Gasteiger partial charge is 0.337 e. The zero-order valence-corrected chi connectivity index (χ0v) is 13.5. The Morgan fingerprint density at radius 3 is 2.36 bits per heavy atom. The van der Waals surface area contributed by atoms with Gasteiger partial charge < -0.3 is 19.9 Å². The van der Waals surface area contributed by atoms with Crippen molar-refractivity contribution >= 4 is 17.7 Å². The lowest BCUT2D eigenvalue weighted by atomic mass is 9.95. The van der Waals surface area contributed by atoms with Crippen LogP contribution < -0.4 is 10.2 Å². The monoisotopic (exact) mass is 303 g/mol. The van der Waals surface area contributed by atoms with Crippen LogP contribution in [0.5, 0.6) is 0 Å². The molecule has 0 aliphatic carbocycles. The summed E-state index contributed by atoms with van der Waals surface area (Å²) < 4.78 is 4.87. The molecule has 0 saturated carbocycles. The van der Waals surface area contributed by atoms with Crippen LogP contribution in [0.1, 0.15) is 18.5 Å². The van der Waals surface area contributed by atoms with Crippen molar-refractivity contribution < 1.29 is 14.3 Å². The Balaban J connectivity index is 2.46. The number of nitrogens with one attached hydrogen (secondary N) is 1. The maximum atomic E-state index is 12.1. The number of nitrogens with zero attached hydrogens (tertiary/aromatic N) is 2. The highest BCUT2D eigenvalue weighted by Gasteiger charge is 2.34. The first-order valence-electron chi connectivity index (χ1n) is 6.97. The summed E-state index contributed by atoms with van der Waals surface area (Å²) in [6, 6.07) is 6.96. The van der Waals surface area contributed by atoms with Crippen molar-refractivity contribution in [2.24, 2.45) is 0 Å². The molecule has 2 amide bonds. The molecule has 1 aromatic carbocycles. The van der Waals surface area contributed by atoms with Crippen LogP contribution in [-0.4, -0.2) is 45.2 Å². The van der Waals surface area contributed by atoms with Gasteiger partial charge in [-0.25, -0.2) is 9.59 Å². The highest BCUT2D eigenvalue weighted by atomic mass is 16.5. The normalized spacial score (nSPS) is 18.1. The van der Waals surface area contributed by atoms with E-state index >= 15 is 0 Å². The van der Waals surface area contributed by atoms with Gasteiger partial charge in [0.25, 0.3) is 0 Å². The molecule has 0 unspecified atom stereocenters. The fourth-order valence-corrected chi connectivity index (χ4v) is 2.42. The van der Waals surface area contributed by atoms with Crippen molar-refractivity contribution in [1.82, 2.24) is 10.2 Å². The number of esters is 1. The summed E-state index contributed by atoms with van der Waals surface area (Å²) in [6.45, 7) is 1.74. The summed E-state index contributed by atoms with van der Waals surface area (Å²) in [4.78, 5) is 27.6. The number of anilines is 1. The van der Waals surface area contributed by atoms with Gasteiger partial charge in [-0.1, -0.05) is 12.1 Å². The van der Waals surface area contributed by atoms with Crippen LogP contribution in [-0.2, 0) is 9.53 Å². The van der Waals surface area contributed by atoms with E-state index < -0.39 is 12.0 Å². The average Bonchev–Trinajstić information content (AvgIpc) is 2.51. The highest BCUT2D eigenvalue weighted by molar-refractivity contribution is 5.94. The van der Waals surface area contributed by atoms with Gasteiger partial charge in [0.2, 0.25) is 0 Å². The lowest BCUT2D eigenvalue weighted by molar-refractivity contribution is -0.136. The fraction of sp³-hybridized carbons (Fsp3) is 0.375. The lowest BCUT2D eigenvalue weighted by Gasteiger charge is -2.33. The molecule has 1 N–H and O–H groups in total. The van der Waals surface area contributed by atoms with E-state index in [1.54, 1.807) is 14.0 Å². The predicted molar refractivity (Wildman–Crippen MR) is 84.5 cm³/mol. The second-order valence-corrected chi connectivity index (χ2v) is 5.42. The molecule has 118 valence electrons. The van der Waals surface area contributed by atoms with Crippen molar-refractivity contribution in [3.63, 3.8) is 0 Å². The van der Waals surface area contributed by atoms with Gasteiger partial charge in [0.1, 0.15) is 0 Å². The van der Waals surface area contributed by atoms with Crippen LogP contribution in [0.25, 0.3) is 0 Å². The van der Waals surface area contributed by atoms with Gasteiger partial charge >= 0.3 is 12.0 Å². The zero-order chi connectivity index (χ0) is 16.4. The number of methoxy groups -OCH3 is 1. The molecule has 6 heteroatoms. The number of allylic oxidation sites excluding steroid dienone is 1. The summed E-state index contributed by atoms with van der Waals surface area (Å²) in [7, 11) is 6.87. The van der Waals surface area contributed by atoms with Crippen LogP contribution >= 0.6 is 0 Å². The van der Waals surface area contributed by atoms with E-state index in [0.717, 1.165) is 11.3 Å². The molecule has 22 heavy (non-hydrogen) atoms. The van der Waals surface area contributed by atoms with E-state index in [2.05, 4.69) is 5.32 Å². The molecule has 0 aromatic heterocycles. The number of hydrogen-bond acceptors (Lipinski definition) is 4. The molecule has 1 aliphatic rings. The minimum atomic E-state index is -0.507. The molecule has 0 saturated heterocycles. The summed E-state index contributed by atoms with van der Waals surface area (Å²) >= 11 is 0. The van der Waals surface area contributed by atoms with Gasteiger partial charge in [-0.05, 0) is 24.6 Å². The second kappa shape index (κ2) is 6.09. The molecular weight excluding hydrogens is 282 g/mol. The van der Waals surface area contributed by atoms with E-state index in [4.69, 9.17) is 4.74 Å². The molecule has 0 spiro atoms. The molecule has 1 aliphatic heterocycles. The van der Waals surface area contributed by atoms with Gasteiger partial charge in [-0.15, -0.1) is 0 Å². The molecule has 1 atom stereocenters. The topological polar surface area (TPSA) is 61.9 Å². The Morgan fingerprint density at radius 2 is 1.86 bits per heavy atom. The van der Waals surface area contributed by atoms with Crippen molar-refractivity contribution in [2.75, 3.05) is 33.2 Å². The molecular formula is C16H21N3O3. The number of urea groups is 1. The summed E-state index contributed by atoms with van der Waals surface area (Å²) in [6.07, 6.45) is 0. The van der Waals surface area contributed by atoms with Gasteiger partial charge in [-0.3, -0.25) is 0 Å². The first-order chi connectivity index (χ1) is 10.4. The first kappa shape index (κ1) is 15.9. The zero-order valence-electron chi connectivity index (χ0n) is 13.5. The lowest BCUT2D eigenvalue weighted by Crippen LogP contribution is -2.46. The van der Waals surface area contributed by atoms with E-state index in [1.165, 1.54) is 12.0 Å². The Morgan fingerprint density at radius 1 is 1.27 bits per heavy atom. The maximum Gasteiger partial charge on any atom is 0.337 e. The number of ether oxygens (including phenoxy) is 1. The van der Waals surface area contributed by atoms with Gasteiger partial charge in [0, 0.05) is 32.5 Å². The second-order valence-electron chi connectivity index (χ2n) is 5.42. The average molecular weight is 303 g/mol. The molecule has 6 nitrogen and oxygen atoms in total. The Hall–Kier alpha value is -2.50. The summed E-state index contributed by atoms with van der Waals surface area (Å²) in [5.41, 5.74) is 2.93. The third-order valence-electron chi connectivity index (χ3n) is 3.90. The molecule has 0 bridgehead atoms. The highest BCUT2D eigenvalue weighted by Crippen LogP contribution is 2.31. The summed E-state index contributed by atoms with van der Waals surface area (Å²) in [5.74, 6) is -0.439. The van der Waals surface area contributed by atoms with Crippen LogP contribution in [0, 0.1) is 0 Å². The molecule has 1 heterocycles. The largest absolute Gasteiger partial charge is 0.466 e. The Kier molecular flexibility index (Phi) is 4.40. The van der Waals surface area contributed by atoms with Crippen molar-refractivity contribution in [3.8, 4) is 0 Å². The number of amides is 2. The van der Waals surface area contributed by atoms with Crippen molar-refractivity contribution in [3.05, 3.63) is 41.1 Å². The molecule has 2 rings (SSSR count). The number of carbonyl (C=O) groups excluding carboxylic acids is 2. The third kappa shape index (κ3) is 2.77.